The molecule has 5 heteroatoms. The Balaban J connectivity index is 1.80. The fourth-order valence-electron chi connectivity index (χ4n) is 3.78. The first-order valence-corrected chi connectivity index (χ1v) is 11.9. The smallest absolute Gasteiger partial charge is 0.341 e. The molecule has 0 heterocycles. The highest BCUT2D eigenvalue weighted by atomic mass is 16.5. The van der Waals surface area contributed by atoms with Gasteiger partial charge in [-0.15, -0.1) is 0 Å². The van der Waals surface area contributed by atoms with Crippen molar-refractivity contribution in [2.45, 2.75) is 39.2 Å². The van der Waals surface area contributed by atoms with Crippen LogP contribution >= 0.6 is 0 Å². The van der Waals surface area contributed by atoms with Crippen LogP contribution in [0.2, 0.25) is 0 Å². The van der Waals surface area contributed by atoms with E-state index < -0.39 is 12.1 Å². The lowest BCUT2D eigenvalue weighted by atomic mass is 10.1. The van der Waals surface area contributed by atoms with Crippen LogP contribution in [-0.4, -0.2) is 36.5 Å². The fraction of sp³-hybridized carbons (Fsp3) is 0.310. The molecule has 0 N–H and O–H groups in total. The molecule has 0 spiro atoms. The van der Waals surface area contributed by atoms with Crippen molar-refractivity contribution in [1.82, 2.24) is 4.90 Å². The highest BCUT2D eigenvalue weighted by Crippen LogP contribution is 2.28. The van der Waals surface area contributed by atoms with Crippen LogP contribution in [0.3, 0.4) is 0 Å². The summed E-state index contributed by atoms with van der Waals surface area (Å²) in [5, 5.41) is 0. The molecule has 0 aliphatic carbocycles. The van der Waals surface area contributed by atoms with E-state index in [4.69, 9.17) is 9.47 Å². The summed E-state index contributed by atoms with van der Waals surface area (Å²) in [7, 11) is 0. The van der Waals surface area contributed by atoms with Gasteiger partial charge in [-0.05, 0) is 30.5 Å². The van der Waals surface area contributed by atoms with Crippen LogP contribution in [0.4, 0.5) is 0 Å². The van der Waals surface area contributed by atoms with Crippen LogP contribution in [-0.2, 0) is 16.0 Å². The van der Waals surface area contributed by atoms with Crippen molar-refractivity contribution in [2.24, 2.45) is 0 Å². The average molecular weight is 460 g/mol. The molecule has 3 rings (SSSR count). The molecule has 0 bridgehead atoms. The third-order valence-electron chi connectivity index (χ3n) is 5.44. The summed E-state index contributed by atoms with van der Waals surface area (Å²) in [5.41, 5.74) is 2.15. The van der Waals surface area contributed by atoms with Gasteiger partial charge in [-0.2, -0.15) is 0 Å². The number of hydrogen-bond donors (Lipinski definition) is 0. The van der Waals surface area contributed by atoms with Gasteiger partial charge in [0.2, 0.25) is 6.10 Å². The summed E-state index contributed by atoms with van der Waals surface area (Å²) in [6.07, 6.45) is 1.50. The number of benzene rings is 3. The normalized spacial score (nSPS) is 11.5. The zero-order valence-electron chi connectivity index (χ0n) is 20.0. The standard InChI is InChI=1S/C29H33NO4/c1-3-20-30(21-4-2)28(31)27(24-15-9-6-10-16-24)34-26-18-12-11-17-25(26)29(32)33-22-19-23-13-7-5-8-14-23/h5-18,27H,3-4,19-22H2,1-2H3. The first-order chi connectivity index (χ1) is 16.6. The minimum Gasteiger partial charge on any atom is -0.475 e. The Morgan fingerprint density at radius 2 is 1.38 bits per heavy atom. The van der Waals surface area contributed by atoms with Crippen LogP contribution in [0.25, 0.3) is 0 Å². The largest absolute Gasteiger partial charge is 0.475 e. The molecule has 3 aromatic rings. The van der Waals surface area contributed by atoms with E-state index in [2.05, 4.69) is 13.8 Å². The molecule has 1 atom stereocenters. The second kappa shape index (κ2) is 13.2. The third-order valence-corrected chi connectivity index (χ3v) is 5.44. The number of ether oxygens (including phenoxy) is 2. The first kappa shape index (κ1) is 25.0. The molecular weight excluding hydrogens is 426 g/mol. The Morgan fingerprint density at radius 1 is 0.794 bits per heavy atom. The van der Waals surface area contributed by atoms with Gasteiger partial charge in [-0.3, -0.25) is 4.79 Å². The summed E-state index contributed by atoms with van der Waals surface area (Å²) in [4.78, 5) is 28.2. The fourth-order valence-corrected chi connectivity index (χ4v) is 3.78. The molecule has 3 aromatic carbocycles. The van der Waals surface area contributed by atoms with Gasteiger partial charge in [0.05, 0.1) is 6.61 Å². The van der Waals surface area contributed by atoms with Gasteiger partial charge in [-0.1, -0.05) is 86.6 Å². The Hall–Kier alpha value is -3.60. The summed E-state index contributed by atoms with van der Waals surface area (Å²) < 4.78 is 11.8. The Bertz CT molecular complexity index is 1030. The lowest BCUT2D eigenvalue weighted by molar-refractivity contribution is -0.139. The van der Waals surface area contributed by atoms with Crippen molar-refractivity contribution >= 4 is 11.9 Å². The second-order valence-electron chi connectivity index (χ2n) is 8.10. The molecule has 0 fully saturated rings. The molecule has 5 nitrogen and oxygen atoms in total. The predicted octanol–water partition coefficient (Wildman–Crippen LogP) is 5.85. The number of hydrogen-bond acceptors (Lipinski definition) is 4. The second-order valence-corrected chi connectivity index (χ2v) is 8.10. The minimum atomic E-state index is -0.849. The number of esters is 1. The number of amides is 1. The number of carbonyl (C=O) groups is 2. The lowest BCUT2D eigenvalue weighted by Crippen LogP contribution is -2.38. The molecule has 1 unspecified atom stereocenters. The van der Waals surface area contributed by atoms with Gasteiger partial charge in [0.25, 0.3) is 5.91 Å². The highest BCUT2D eigenvalue weighted by molar-refractivity contribution is 5.93. The van der Waals surface area contributed by atoms with Crippen LogP contribution < -0.4 is 4.74 Å². The molecule has 0 saturated carbocycles. The Labute approximate surface area is 202 Å². The average Bonchev–Trinajstić information content (AvgIpc) is 2.88. The van der Waals surface area contributed by atoms with Crippen molar-refractivity contribution in [3.05, 3.63) is 102 Å². The molecular formula is C29H33NO4. The number of rotatable bonds is 12. The van der Waals surface area contributed by atoms with Crippen LogP contribution in [0.1, 0.15) is 54.3 Å². The van der Waals surface area contributed by atoms with Crippen molar-refractivity contribution in [3.63, 3.8) is 0 Å². The quantitative estimate of drug-likeness (QED) is 0.319. The minimum absolute atomic E-state index is 0.109. The maximum atomic E-state index is 13.5. The van der Waals surface area contributed by atoms with Gasteiger partial charge < -0.3 is 14.4 Å². The molecule has 0 aromatic heterocycles. The zero-order valence-corrected chi connectivity index (χ0v) is 20.0. The van der Waals surface area contributed by atoms with E-state index in [0.717, 1.165) is 24.0 Å². The summed E-state index contributed by atoms with van der Waals surface area (Å²) >= 11 is 0. The maximum Gasteiger partial charge on any atom is 0.341 e. The Kier molecular flexibility index (Phi) is 9.71. The third kappa shape index (κ3) is 6.95. The Morgan fingerprint density at radius 3 is 2.03 bits per heavy atom. The van der Waals surface area contributed by atoms with E-state index >= 15 is 0 Å². The van der Waals surface area contributed by atoms with E-state index in [-0.39, 0.29) is 12.5 Å². The topological polar surface area (TPSA) is 55.8 Å². The van der Waals surface area contributed by atoms with Crippen molar-refractivity contribution in [3.8, 4) is 5.75 Å². The van der Waals surface area contributed by atoms with E-state index in [9.17, 15) is 9.59 Å². The summed E-state index contributed by atoms with van der Waals surface area (Å²) in [6, 6.07) is 26.2. The number of nitrogens with zero attached hydrogens (tertiary/aromatic N) is 1. The van der Waals surface area contributed by atoms with Gasteiger partial charge in [0.15, 0.2) is 0 Å². The summed E-state index contributed by atoms with van der Waals surface area (Å²) in [6.45, 7) is 5.67. The molecule has 34 heavy (non-hydrogen) atoms. The van der Waals surface area contributed by atoms with Gasteiger partial charge in [0, 0.05) is 25.1 Å². The molecule has 0 aliphatic heterocycles. The van der Waals surface area contributed by atoms with Crippen LogP contribution in [0.5, 0.6) is 5.75 Å². The maximum absolute atomic E-state index is 13.5. The van der Waals surface area contributed by atoms with Crippen molar-refractivity contribution in [1.29, 1.82) is 0 Å². The van der Waals surface area contributed by atoms with E-state index in [0.29, 0.717) is 30.8 Å². The first-order valence-electron chi connectivity index (χ1n) is 11.9. The van der Waals surface area contributed by atoms with Crippen molar-refractivity contribution in [2.75, 3.05) is 19.7 Å². The van der Waals surface area contributed by atoms with Crippen LogP contribution in [0, 0.1) is 0 Å². The van der Waals surface area contributed by atoms with E-state index in [1.54, 1.807) is 24.3 Å². The SMILES string of the molecule is CCCN(CCC)C(=O)C(Oc1ccccc1C(=O)OCCc1ccccc1)c1ccccc1. The molecule has 1 amide bonds. The van der Waals surface area contributed by atoms with Gasteiger partial charge >= 0.3 is 5.97 Å². The zero-order chi connectivity index (χ0) is 24.2. The number of carbonyl (C=O) groups excluding carboxylic acids is 2. The molecule has 0 aliphatic rings. The number of para-hydroxylation sites is 1. The van der Waals surface area contributed by atoms with Gasteiger partial charge in [0.1, 0.15) is 11.3 Å². The molecule has 178 valence electrons. The highest BCUT2D eigenvalue weighted by Gasteiger charge is 2.28. The molecule has 0 radical (unpaired) electrons. The monoisotopic (exact) mass is 459 g/mol. The lowest BCUT2D eigenvalue weighted by Gasteiger charge is -2.28. The van der Waals surface area contributed by atoms with Crippen molar-refractivity contribution < 1.29 is 19.1 Å². The van der Waals surface area contributed by atoms with E-state index in [1.807, 2.05) is 65.6 Å². The summed E-state index contributed by atoms with van der Waals surface area (Å²) in [5.74, 6) is -0.241. The molecule has 0 saturated heterocycles. The van der Waals surface area contributed by atoms with Gasteiger partial charge in [-0.25, -0.2) is 4.79 Å². The predicted molar refractivity (Wildman–Crippen MR) is 134 cm³/mol. The van der Waals surface area contributed by atoms with E-state index in [1.165, 1.54) is 0 Å². The van der Waals surface area contributed by atoms with Crippen LogP contribution in [0.15, 0.2) is 84.9 Å².